The third kappa shape index (κ3) is 5.20. The summed E-state index contributed by atoms with van der Waals surface area (Å²) in [6.45, 7) is 7.92. The topological polar surface area (TPSA) is 85.7 Å². The van der Waals surface area contributed by atoms with E-state index in [4.69, 9.17) is 4.74 Å². The van der Waals surface area contributed by atoms with Crippen LogP contribution in [0.5, 0.6) is 0 Å². The number of halogens is 3. The van der Waals surface area contributed by atoms with E-state index in [1.165, 1.54) is 6.07 Å². The molecule has 2 aliphatic rings. The second kappa shape index (κ2) is 10.1. The van der Waals surface area contributed by atoms with Crippen molar-refractivity contribution in [2.24, 2.45) is 11.3 Å². The number of ether oxygens (including phenoxy) is 1. The number of hydrogen-bond donors (Lipinski definition) is 1. The van der Waals surface area contributed by atoms with Crippen molar-refractivity contribution in [3.8, 4) is 6.07 Å². The maximum Gasteiger partial charge on any atom is 0.416 e. The molecule has 2 saturated heterocycles. The van der Waals surface area contributed by atoms with Crippen molar-refractivity contribution in [2.45, 2.75) is 26.9 Å². The highest BCUT2D eigenvalue weighted by molar-refractivity contribution is 6.08. The number of hydrogen-bond acceptors (Lipinski definition) is 5. The molecule has 1 N–H and O–H groups in total. The number of aryl methyl sites for hydroxylation is 2. The van der Waals surface area contributed by atoms with Crippen LogP contribution in [-0.4, -0.2) is 56.1 Å². The fourth-order valence-corrected chi connectivity index (χ4v) is 5.26. The van der Waals surface area contributed by atoms with Gasteiger partial charge in [0.05, 0.1) is 41.7 Å². The van der Waals surface area contributed by atoms with Gasteiger partial charge >= 0.3 is 6.18 Å². The molecular formula is C27H29F3N4O3. The third-order valence-corrected chi connectivity index (χ3v) is 7.32. The van der Waals surface area contributed by atoms with Crippen LogP contribution in [-0.2, 0) is 20.5 Å². The minimum atomic E-state index is -4.69. The Kier molecular flexibility index (Phi) is 7.31. The van der Waals surface area contributed by atoms with E-state index in [0.717, 1.165) is 28.9 Å². The number of para-hydroxylation sites is 1. The fraction of sp³-hybridized carbons (Fsp3) is 0.444. The van der Waals surface area contributed by atoms with Gasteiger partial charge in [-0.05, 0) is 43.2 Å². The molecule has 0 bridgehead atoms. The van der Waals surface area contributed by atoms with Crippen molar-refractivity contribution in [1.82, 2.24) is 4.90 Å². The lowest BCUT2D eigenvalue weighted by Gasteiger charge is -2.37. The van der Waals surface area contributed by atoms with Crippen molar-refractivity contribution in [3.05, 3.63) is 58.7 Å². The van der Waals surface area contributed by atoms with Crippen molar-refractivity contribution < 1.29 is 27.5 Å². The summed E-state index contributed by atoms with van der Waals surface area (Å²) in [5, 5.41) is 11.9. The van der Waals surface area contributed by atoms with Gasteiger partial charge in [-0.1, -0.05) is 25.1 Å². The summed E-state index contributed by atoms with van der Waals surface area (Å²) in [5.41, 5.74) is -0.120. The summed E-state index contributed by atoms with van der Waals surface area (Å²) in [7, 11) is 0. The molecule has 196 valence electrons. The molecule has 2 aliphatic heterocycles. The molecule has 2 aromatic rings. The Labute approximate surface area is 213 Å². The fourth-order valence-electron chi connectivity index (χ4n) is 5.26. The number of carbonyl (C=O) groups excluding carboxylic acids is 2. The zero-order valence-electron chi connectivity index (χ0n) is 21.0. The number of morpholine rings is 1. The summed E-state index contributed by atoms with van der Waals surface area (Å²) in [6.07, 6.45) is -4.69. The molecule has 2 atom stereocenters. The zero-order chi connectivity index (χ0) is 27.0. The van der Waals surface area contributed by atoms with Gasteiger partial charge in [0.1, 0.15) is 0 Å². The average Bonchev–Trinajstić information content (AvgIpc) is 3.10. The average molecular weight is 515 g/mol. The van der Waals surface area contributed by atoms with Crippen LogP contribution in [0.1, 0.15) is 29.2 Å². The normalized spacial score (nSPS) is 22.7. The Hall–Kier alpha value is -3.42. The SMILES string of the molecule is Cc1cccc(C)c1N1C[C@@](CN2CCOCC2)(C(=O)Nc2cc(C#N)cc(C(F)(F)F)c2)C(C)C1=O. The number of benzene rings is 2. The standard InChI is InChI=1S/C27H29F3N4O3/c1-17-5-4-6-18(2)23(17)34-16-26(19(3)24(34)35,15-33-7-9-37-10-8-33)25(36)32-22-12-20(14-31)11-21(13-22)27(28,29)30/h4-6,11-13,19H,7-10,15-16H2,1-3H3,(H,32,36)/t19?,26-/m1/s1. The van der Waals surface area contributed by atoms with E-state index in [2.05, 4.69) is 5.32 Å². The van der Waals surface area contributed by atoms with Crippen LogP contribution in [0.2, 0.25) is 0 Å². The van der Waals surface area contributed by atoms with Gasteiger partial charge in [-0.15, -0.1) is 0 Å². The first-order valence-electron chi connectivity index (χ1n) is 12.1. The molecular weight excluding hydrogens is 485 g/mol. The van der Waals surface area contributed by atoms with E-state index >= 15 is 0 Å². The molecule has 0 saturated carbocycles. The summed E-state index contributed by atoms with van der Waals surface area (Å²) in [5.74, 6) is -1.52. The first-order chi connectivity index (χ1) is 17.5. The Morgan fingerprint density at radius 1 is 1.19 bits per heavy atom. The zero-order valence-corrected chi connectivity index (χ0v) is 21.0. The van der Waals surface area contributed by atoms with E-state index < -0.39 is 29.0 Å². The van der Waals surface area contributed by atoms with Crippen LogP contribution in [0.3, 0.4) is 0 Å². The quantitative estimate of drug-likeness (QED) is 0.649. The summed E-state index contributed by atoms with van der Waals surface area (Å²) < 4.78 is 45.8. The predicted octanol–water partition coefficient (Wildman–Crippen LogP) is 4.13. The molecule has 0 radical (unpaired) electrons. The number of anilines is 2. The summed E-state index contributed by atoms with van der Waals surface area (Å²) >= 11 is 0. The smallest absolute Gasteiger partial charge is 0.379 e. The molecule has 2 heterocycles. The number of nitrogens with zero attached hydrogens (tertiary/aromatic N) is 3. The van der Waals surface area contributed by atoms with Gasteiger partial charge in [0, 0.05) is 37.6 Å². The van der Waals surface area contributed by atoms with Crippen LogP contribution in [0.25, 0.3) is 0 Å². The Bertz CT molecular complexity index is 1230. The maximum absolute atomic E-state index is 14.0. The van der Waals surface area contributed by atoms with E-state index in [1.54, 1.807) is 17.9 Å². The lowest BCUT2D eigenvalue weighted by molar-refractivity contribution is -0.137. The van der Waals surface area contributed by atoms with Crippen molar-refractivity contribution in [1.29, 1.82) is 5.26 Å². The molecule has 7 nitrogen and oxygen atoms in total. The monoisotopic (exact) mass is 514 g/mol. The second-order valence-electron chi connectivity index (χ2n) is 9.79. The Morgan fingerprint density at radius 2 is 1.84 bits per heavy atom. The lowest BCUT2D eigenvalue weighted by atomic mass is 9.77. The molecule has 2 fully saturated rings. The highest BCUT2D eigenvalue weighted by Crippen LogP contribution is 2.43. The Balaban J connectivity index is 1.74. The van der Waals surface area contributed by atoms with E-state index in [1.807, 2.05) is 36.9 Å². The van der Waals surface area contributed by atoms with Crippen LogP contribution in [0.15, 0.2) is 36.4 Å². The van der Waals surface area contributed by atoms with Crippen molar-refractivity contribution in [3.63, 3.8) is 0 Å². The number of carbonyl (C=O) groups is 2. The number of amides is 2. The number of alkyl halides is 3. The summed E-state index contributed by atoms with van der Waals surface area (Å²) in [4.78, 5) is 31.3. The molecule has 37 heavy (non-hydrogen) atoms. The van der Waals surface area contributed by atoms with Gasteiger partial charge in [0.25, 0.3) is 0 Å². The van der Waals surface area contributed by atoms with Crippen LogP contribution < -0.4 is 10.2 Å². The third-order valence-electron chi connectivity index (χ3n) is 7.32. The molecule has 2 amide bonds. The van der Waals surface area contributed by atoms with Crippen LogP contribution >= 0.6 is 0 Å². The minimum Gasteiger partial charge on any atom is -0.379 e. The first-order valence-corrected chi connectivity index (χ1v) is 12.1. The van der Waals surface area contributed by atoms with E-state index in [-0.39, 0.29) is 30.2 Å². The van der Waals surface area contributed by atoms with Gasteiger partial charge in [-0.25, -0.2) is 0 Å². The lowest BCUT2D eigenvalue weighted by Crippen LogP contribution is -2.53. The van der Waals surface area contributed by atoms with Crippen molar-refractivity contribution in [2.75, 3.05) is 49.6 Å². The highest BCUT2D eigenvalue weighted by atomic mass is 19.4. The first kappa shape index (κ1) is 26.6. The largest absolute Gasteiger partial charge is 0.416 e. The van der Waals surface area contributed by atoms with Gasteiger partial charge in [-0.3, -0.25) is 14.5 Å². The Morgan fingerprint density at radius 3 is 2.43 bits per heavy atom. The number of rotatable bonds is 5. The molecule has 0 aliphatic carbocycles. The molecule has 1 unspecified atom stereocenters. The van der Waals surface area contributed by atoms with Gasteiger partial charge < -0.3 is 15.0 Å². The highest BCUT2D eigenvalue weighted by Gasteiger charge is 2.56. The van der Waals surface area contributed by atoms with Gasteiger partial charge in [0.15, 0.2) is 0 Å². The summed E-state index contributed by atoms with van der Waals surface area (Å²) in [6, 6.07) is 10.2. The molecule has 2 aromatic carbocycles. The van der Waals surface area contributed by atoms with Crippen LogP contribution in [0, 0.1) is 36.5 Å². The minimum absolute atomic E-state index is 0.0753. The molecule has 4 rings (SSSR count). The number of nitrogens with one attached hydrogen (secondary N) is 1. The van der Waals surface area contributed by atoms with Gasteiger partial charge in [0.2, 0.25) is 11.8 Å². The molecule has 0 aromatic heterocycles. The van der Waals surface area contributed by atoms with Crippen molar-refractivity contribution >= 4 is 23.2 Å². The molecule has 0 spiro atoms. The van der Waals surface area contributed by atoms with E-state index in [0.29, 0.717) is 26.3 Å². The molecule has 10 heteroatoms. The number of nitriles is 1. The second-order valence-corrected chi connectivity index (χ2v) is 9.79. The van der Waals surface area contributed by atoms with Crippen LogP contribution in [0.4, 0.5) is 24.5 Å². The predicted molar refractivity (Wildman–Crippen MR) is 132 cm³/mol. The maximum atomic E-state index is 14.0. The van der Waals surface area contributed by atoms with Gasteiger partial charge in [-0.2, -0.15) is 18.4 Å². The van der Waals surface area contributed by atoms with E-state index in [9.17, 15) is 28.0 Å².